The normalized spacial score (nSPS) is 11.8. The van der Waals surface area contributed by atoms with Crippen LogP contribution in [0.5, 0.6) is 5.75 Å². The van der Waals surface area contributed by atoms with Gasteiger partial charge in [0, 0.05) is 5.56 Å². The van der Waals surface area contributed by atoms with Gasteiger partial charge in [-0.1, -0.05) is 30.3 Å². The predicted octanol–water partition coefficient (Wildman–Crippen LogP) is 4.08. The Morgan fingerprint density at radius 2 is 1.79 bits per heavy atom. The van der Waals surface area contributed by atoms with Crippen molar-refractivity contribution in [2.45, 2.75) is 26.3 Å². The standard InChI is InChI=1S/C21H21N3O4/c1-14-20(24(26)27)15(2)23(22-14)13-19(16-7-5-4-6-8-16)21(25)17-9-11-18(28-3)12-10-17/h4-12,19H,13H2,1-3H3/t19-/m1/s1. The molecule has 0 aliphatic heterocycles. The largest absolute Gasteiger partial charge is 0.497 e. The summed E-state index contributed by atoms with van der Waals surface area (Å²) in [5, 5.41) is 15.6. The highest BCUT2D eigenvalue weighted by atomic mass is 16.6. The van der Waals surface area contributed by atoms with Crippen LogP contribution in [0.15, 0.2) is 54.6 Å². The highest BCUT2D eigenvalue weighted by molar-refractivity contribution is 6.01. The molecule has 0 N–H and O–H groups in total. The zero-order valence-corrected chi connectivity index (χ0v) is 16.0. The Kier molecular flexibility index (Phi) is 5.54. The van der Waals surface area contributed by atoms with Crippen molar-refractivity contribution < 1.29 is 14.5 Å². The molecule has 1 aromatic heterocycles. The van der Waals surface area contributed by atoms with Gasteiger partial charge in [-0.2, -0.15) is 5.10 Å². The van der Waals surface area contributed by atoms with Crippen LogP contribution in [0.3, 0.4) is 0 Å². The number of nitro groups is 1. The molecule has 0 fully saturated rings. The number of carbonyl (C=O) groups excluding carboxylic acids is 1. The number of nitrogens with zero attached hydrogens (tertiary/aromatic N) is 3. The second-order valence-corrected chi connectivity index (χ2v) is 6.51. The van der Waals surface area contributed by atoms with E-state index in [1.807, 2.05) is 30.3 Å². The minimum atomic E-state index is -0.521. The van der Waals surface area contributed by atoms with E-state index in [4.69, 9.17) is 4.74 Å². The molecule has 7 heteroatoms. The van der Waals surface area contributed by atoms with Crippen molar-refractivity contribution in [3.8, 4) is 5.75 Å². The first kappa shape index (κ1) is 19.3. The Morgan fingerprint density at radius 1 is 1.14 bits per heavy atom. The number of ketones is 1. The molecular formula is C21H21N3O4. The highest BCUT2D eigenvalue weighted by Crippen LogP contribution is 2.28. The molecule has 7 nitrogen and oxygen atoms in total. The van der Waals surface area contributed by atoms with Crippen molar-refractivity contribution in [2.75, 3.05) is 7.11 Å². The summed E-state index contributed by atoms with van der Waals surface area (Å²) in [4.78, 5) is 24.1. The molecule has 0 amide bonds. The molecule has 0 saturated heterocycles. The maximum absolute atomic E-state index is 13.3. The summed E-state index contributed by atoms with van der Waals surface area (Å²) in [5.74, 6) is 0.0678. The van der Waals surface area contributed by atoms with E-state index in [2.05, 4.69) is 5.10 Å². The van der Waals surface area contributed by atoms with Crippen LogP contribution in [0.4, 0.5) is 5.69 Å². The van der Waals surface area contributed by atoms with Gasteiger partial charge in [-0.05, 0) is 43.7 Å². The fourth-order valence-electron chi connectivity index (χ4n) is 3.28. The van der Waals surface area contributed by atoms with E-state index in [0.29, 0.717) is 22.7 Å². The minimum absolute atomic E-state index is 0.0105. The molecule has 0 unspecified atom stereocenters. The summed E-state index contributed by atoms with van der Waals surface area (Å²) < 4.78 is 6.70. The van der Waals surface area contributed by atoms with Crippen molar-refractivity contribution in [1.82, 2.24) is 9.78 Å². The van der Waals surface area contributed by atoms with Crippen LogP contribution in [0.1, 0.15) is 33.2 Å². The predicted molar refractivity (Wildman–Crippen MR) is 105 cm³/mol. The average molecular weight is 379 g/mol. The van der Waals surface area contributed by atoms with E-state index in [1.165, 1.54) is 0 Å². The number of aromatic nitrogens is 2. The van der Waals surface area contributed by atoms with E-state index in [1.54, 1.807) is 49.9 Å². The van der Waals surface area contributed by atoms with Gasteiger partial charge < -0.3 is 4.74 Å². The first-order chi connectivity index (χ1) is 13.4. The van der Waals surface area contributed by atoms with Crippen LogP contribution in [0.25, 0.3) is 0 Å². The molecule has 0 bridgehead atoms. The van der Waals surface area contributed by atoms with Crippen molar-refractivity contribution in [3.05, 3.63) is 87.2 Å². The van der Waals surface area contributed by atoms with Crippen LogP contribution in [0, 0.1) is 24.0 Å². The van der Waals surface area contributed by atoms with E-state index >= 15 is 0 Å². The molecule has 3 rings (SSSR count). The van der Waals surface area contributed by atoms with Crippen LogP contribution < -0.4 is 4.74 Å². The van der Waals surface area contributed by atoms with Gasteiger partial charge >= 0.3 is 5.69 Å². The van der Waals surface area contributed by atoms with Gasteiger partial charge in [0.2, 0.25) is 0 Å². The Labute approximate surface area is 162 Å². The van der Waals surface area contributed by atoms with Gasteiger partial charge in [-0.25, -0.2) is 0 Å². The lowest BCUT2D eigenvalue weighted by Gasteiger charge is -2.17. The molecule has 0 aliphatic rings. The van der Waals surface area contributed by atoms with Crippen LogP contribution in [0.2, 0.25) is 0 Å². The van der Waals surface area contributed by atoms with E-state index in [-0.39, 0.29) is 18.0 Å². The molecule has 0 spiro atoms. The maximum Gasteiger partial charge on any atom is 0.312 e. The Hall–Kier alpha value is -3.48. The number of Topliss-reactive ketones (excluding diaryl/α,β-unsaturated/α-hetero) is 1. The van der Waals surface area contributed by atoms with Gasteiger partial charge in [0.25, 0.3) is 0 Å². The molecule has 3 aromatic rings. The number of rotatable bonds is 7. The molecule has 1 heterocycles. The summed E-state index contributed by atoms with van der Waals surface area (Å²) in [7, 11) is 1.57. The van der Waals surface area contributed by atoms with Crippen molar-refractivity contribution in [3.63, 3.8) is 0 Å². The quantitative estimate of drug-likeness (QED) is 0.351. The lowest BCUT2D eigenvalue weighted by atomic mass is 9.90. The number of ether oxygens (including phenoxy) is 1. The van der Waals surface area contributed by atoms with Crippen molar-refractivity contribution in [1.29, 1.82) is 0 Å². The molecule has 2 aromatic carbocycles. The smallest absolute Gasteiger partial charge is 0.312 e. The van der Waals surface area contributed by atoms with Crippen LogP contribution in [-0.4, -0.2) is 27.6 Å². The molecular weight excluding hydrogens is 358 g/mol. The summed E-state index contributed by atoms with van der Waals surface area (Å²) >= 11 is 0. The fourth-order valence-corrected chi connectivity index (χ4v) is 3.28. The summed E-state index contributed by atoms with van der Waals surface area (Å²) in [6, 6.07) is 16.3. The third-order valence-electron chi connectivity index (χ3n) is 4.77. The highest BCUT2D eigenvalue weighted by Gasteiger charge is 2.27. The van der Waals surface area contributed by atoms with Crippen LogP contribution in [-0.2, 0) is 6.54 Å². The SMILES string of the molecule is COc1ccc(C(=O)[C@H](Cn2nc(C)c([N+](=O)[O-])c2C)c2ccccc2)cc1. The summed E-state index contributed by atoms with van der Waals surface area (Å²) in [6.07, 6.45) is 0. The average Bonchev–Trinajstić information content (AvgIpc) is 2.99. The molecule has 0 radical (unpaired) electrons. The number of carbonyl (C=O) groups is 1. The molecule has 144 valence electrons. The molecule has 0 aliphatic carbocycles. The Bertz CT molecular complexity index is 994. The first-order valence-corrected chi connectivity index (χ1v) is 8.84. The Balaban J connectivity index is 2.00. The van der Waals surface area contributed by atoms with Gasteiger partial charge in [0.05, 0.1) is 24.5 Å². The second kappa shape index (κ2) is 8.04. The number of benzene rings is 2. The number of aryl methyl sites for hydroxylation is 1. The second-order valence-electron chi connectivity index (χ2n) is 6.51. The fraction of sp³-hybridized carbons (Fsp3) is 0.238. The van der Waals surface area contributed by atoms with Crippen molar-refractivity contribution >= 4 is 11.5 Å². The number of hydrogen-bond acceptors (Lipinski definition) is 5. The molecule has 0 saturated carbocycles. The van der Waals surface area contributed by atoms with Gasteiger partial charge in [0.1, 0.15) is 17.1 Å². The van der Waals surface area contributed by atoms with Gasteiger partial charge in [-0.3, -0.25) is 19.6 Å². The summed E-state index contributed by atoms with van der Waals surface area (Å²) in [6.45, 7) is 3.47. The first-order valence-electron chi connectivity index (χ1n) is 8.84. The van der Waals surface area contributed by atoms with E-state index in [0.717, 1.165) is 5.56 Å². The number of hydrogen-bond donors (Lipinski definition) is 0. The monoisotopic (exact) mass is 379 g/mol. The summed E-state index contributed by atoms with van der Waals surface area (Å²) in [5.41, 5.74) is 2.14. The van der Waals surface area contributed by atoms with Gasteiger partial charge in [-0.15, -0.1) is 0 Å². The Morgan fingerprint density at radius 3 is 2.32 bits per heavy atom. The number of methoxy groups -OCH3 is 1. The van der Waals surface area contributed by atoms with Crippen molar-refractivity contribution in [2.24, 2.45) is 0 Å². The zero-order chi connectivity index (χ0) is 20.3. The lowest BCUT2D eigenvalue weighted by molar-refractivity contribution is -0.386. The van der Waals surface area contributed by atoms with Crippen LogP contribution >= 0.6 is 0 Å². The third-order valence-corrected chi connectivity index (χ3v) is 4.77. The van der Waals surface area contributed by atoms with E-state index < -0.39 is 10.8 Å². The maximum atomic E-state index is 13.3. The third kappa shape index (κ3) is 3.78. The zero-order valence-electron chi connectivity index (χ0n) is 16.0. The van der Waals surface area contributed by atoms with Gasteiger partial charge in [0.15, 0.2) is 5.78 Å². The molecule has 1 atom stereocenters. The topological polar surface area (TPSA) is 87.3 Å². The minimum Gasteiger partial charge on any atom is -0.497 e. The lowest BCUT2D eigenvalue weighted by Crippen LogP contribution is -2.20. The molecule has 28 heavy (non-hydrogen) atoms. The van der Waals surface area contributed by atoms with E-state index in [9.17, 15) is 14.9 Å².